The van der Waals surface area contributed by atoms with Crippen molar-refractivity contribution in [2.75, 3.05) is 0 Å². The summed E-state index contributed by atoms with van der Waals surface area (Å²) in [6.07, 6.45) is 3.23. The normalized spacial score (nSPS) is 10.1. The number of hydrogen-bond acceptors (Lipinski definition) is 3. The smallest absolute Gasteiger partial charge is 0.181 e. The van der Waals surface area contributed by atoms with Crippen LogP contribution in [0.3, 0.4) is 0 Å². The van der Waals surface area contributed by atoms with Gasteiger partial charge in [0.25, 0.3) is 0 Å². The standard InChI is InChI=1S/C11H11N3/c1-8-3-4-10(9(2)7-8)11-12-5-6-13-14-11/h3-7H,1-2H3. The largest absolute Gasteiger partial charge is 0.233 e. The number of aromatic nitrogens is 3. The maximum absolute atomic E-state index is 4.17. The monoisotopic (exact) mass is 185 g/mol. The van der Waals surface area contributed by atoms with Gasteiger partial charge in [0, 0.05) is 11.8 Å². The minimum Gasteiger partial charge on any atom is -0.233 e. The van der Waals surface area contributed by atoms with Crippen LogP contribution in [0.5, 0.6) is 0 Å². The highest BCUT2D eigenvalue weighted by Crippen LogP contribution is 2.19. The number of benzene rings is 1. The topological polar surface area (TPSA) is 38.7 Å². The zero-order valence-corrected chi connectivity index (χ0v) is 8.23. The van der Waals surface area contributed by atoms with Crippen LogP contribution in [0.4, 0.5) is 0 Å². The molecule has 0 aliphatic carbocycles. The van der Waals surface area contributed by atoms with Crippen molar-refractivity contribution < 1.29 is 0 Å². The van der Waals surface area contributed by atoms with Crippen LogP contribution >= 0.6 is 0 Å². The molecule has 1 heterocycles. The minimum absolute atomic E-state index is 0.685. The third-order valence-electron chi connectivity index (χ3n) is 2.11. The molecule has 0 aliphatic rings. The number of nitrogens with zero attached hydrogens (tertiary/aromatic N) is 3. The second-order valence-corrected chi connectivity index (χ2v) is 3.28. The van der Waals surface area contributed by atoms with Crippen LogP contribution in [0.25, 0.3) is 11.4 Å². The molecule has 0 N–H and O–H groups in total. The average molecular weight is 185 g/mol. The SMILES string of the molecule is Cc1ccc(-c2nccnn2)c(C)c1. The van der Waals surface area contributed by atoms with Crippen molar-refractivity contribution in [3.8, 4) is 11.4 Å². The van der Waals surface area contributed by atoms with E-state index in [1.54, 1.807) is 12.4 Å². The second kappa shape index (κ2) is 3.54. The Morgan fingerprint density at radius 3 is 2.57 bits per heavy atom. The number of aryl methyl sites for hydroxylation is 2. The average Bonchev–Trinajstić information content (AvgIpc) is 2.19. The van der Waals surface area contributed by atoms with Gasteiger partial charge < -0.3 is 0 Å². The number of hydrogen-bond donors (Lipinski definition) is 0. The molecule has 1 aromatic carbocycles. The molecular weight excluding hydrogens is 174 g/mol. The summed E-state index contributed by atoms with van der Waals surface area (Å²) >= 11 is 0. The van der Waals surface area contributed by atoms with E-state index in [4.69, 9.17) is 0 Å². The predicted octanol–water partition coefficient (Wildman–Crippen LogP) is 2.16. The van der Waals surface area contributed by atoms with Gasteiger partial charge in [-0.1, -0.05) is 23.8 Å². The Labute approximate surface area is 82.8 Å². The van der Waals surface area contributed by atoms with Crippen LogP contribution in [0.1, 0.15) is 11.1 Å². The highest BCUT2D eigenvalue weighted by atomic mass is 15.1. The Morgan fingerprint density at radius 2 is 1.93 bits per heavy atom. The van der Waals surface area contributed by atoms with Crippen molar-refractivity contribution in [1.82, 2.24) is 15.2 Å². The van der Waals surface area contributed by atoms with E-state index in [1.807, 2.05) is 6.07 Å². The van der Waals surface area contributed by atoms with Gasteiger partial charge in [0.2, 0.25) is 0 Å². The molecule has 0 amide bonds. The summed E-state index contributed by atoms with van der Waals surface area (Å²) in [6, 6.07) is 6.20. The molecular formula is C11H11N3. The highest BCUT2D eigenvalue weighted by molar-refractivity contribution is 5.59. The lowest BCUT2D eigenvalue weighted by Gasteiger charge is -2.03. The Hall–Kier alpha value is -1.77. The van der Waals surface area contributed by atoms with Gasteiger partial charge in [-0.25, -0.2) is 4.98 Å². The Kier molecular flexibility index (Phi) is 2.23. The molecule has 70 valence electrons. The molecule has 0 fully saturated rings. The molecule has 0 aliphatic heterocycles. The van der Waals surface area contributed by atoms with Crippen molar-refractivity contribution in [2.24, 2.45) is 0 Å². The van der Waals surface area contributed by atoms with E-state index in [0.29, 0.717) is 5.82 Å². The first-order valence-corrected chi connectivity index (χ1v) is 4.48. The van der Waals surface area contributed by atoms with Crippen LogP contribution in [-0.2, 0) is 0 Å². The van der Waals surface area contributed by atoms with E-state index < -0.39 is 0 Å². The van der Waals surface area contributed by atoms with Gasteiger partial charge in [0.15, 0.2) is 5.82 Å². The van der Waals surface area contributed by atoms with E-state index in [-0.39, 0.29) is 0 Å². The minimum atomic E-state index is 0.685. The third-order valence-corrected chi connectivity index (χ3v) is 2.11. The van der Waals surface area contributed by atoms with Crippen molar-refractivity contribution in [3.63, 3.8) is 0 Å². The van der Waals surface area contributed by atoms with Crippen molar-refractivity contribution in [3.05, 3.63) is 41.7 Å². The summed E-state index contributed by atoms with van der Waals surface area (Å²) in [4.78, 5) is 4.17. The molecule has 14 heavy (non-hydrogen) atoms. The Balaban J connectivity index is 2.53. The maximum atomic E-state index is 4.17. The molecule has 1 aromatic heterocycles. The van der Waals surface area contributed by atoms with Crippen LogP contribution in [0, 0.1) is 13.8 Å². The first-order chi connectivity index (χ1) is 6.77. The molecule has 2 aromatic rings. The first kappa shape index (κ1) is 8.81. The van der Waals surface area contributed by atoms with E-state index in [1.165, 1.54) is 11.1 Å². The predicted molar refractivity (Wildman–Crippen MR) is 54.7 cm³/mol. The van der Waals surface area contributed by atoms with Gasteiger partial charge in [-0.15, -0.1) is 5.10 Å². The second-order valence-electron chi connectivity index (χ2n) is 3.28. The van der Waals surface area contributed by atoms with Gasteiger partial charge in [0.05, 0.1) is 6.20 Å². The molecule has 0 unspecified atom stereocenters. The van der Waals surface area contributed by atoms with Crippen LogP contribution in [-0.4, -0.2) is 15.2 Å². The van der Waals surface area contributed by atoms with E-state index in [0.717, 1.165) is 5.56 Å². The van der Waals surface area contributed by atoms with Gasteiger partial charge in [-0.3, -0.25) is 0 Å². The summed E-state index contributed by atoms with van der Waals surface area (Å²) in [5, 5.41) is 7.79. The van der Waals surface area contributed by atoms with Gasteiger partial charge in [0.1, 0.15) is 0 Å². The van der Waals surface area contributed by atoms with Gasteiger partial charge >= 0.3 is 0 Å². The fourth-order valence-electron chi connectivity index (χ4n) is 1.44. The number of rotatable bonds is 1. The molecule has 0 radical (unpaired) electrons. The van der Waals surface area contributed by atoms with Crippen LogP contribution in [0.2, 0.25) is 0 Å². The summed E-state index contributed by atoms with van der Waals surface area (Å²) in [6.45, 7) is 4.12. The molecule has 0 bridgehead atoms. The summed E-state index contributed by atoms with van der Waals surface area (Å²) in [7, 11) is 0. The third kappa shape index (κ3) is 1.62. The van der Waals surface area contributed by atoms with Crippen LogP contribution < -0.4 is 0 Å². The van der Waals surface area contributed by atoms with Crippen molar-refractivity contribution >= 4 is 0 Å². The lowest BCUT2D eigenvalue weighted by Crippen LogP contribution is -1.92. The van der Waals surface area contributed by atoms with Crippen molar-refractivity contribution in [1.29, 1.82) is 0 Å². The summed E-state index contributed by atoms with van der Waals surface area (Å²) in [5.74, 6) is 0.685. The van der Waals surface area contributed by atoms with Crippen LogP contribution in [0.15, 0.2) is 30.6 Å². The fraction of sp³-hybridized carbons (Fsp3) is 0.182. The molecule has 0 atom stereocenters. The quantitative estimate of drug-likeness (QED) is 0.683. The lowest BCUT2D eigenvalue weighted by molar-refractivity contribution is 0.977. The van der Waals surface area contributed by atoms with E-state index >= 15 is 0 Å². The van der Waals surface area contributed by atoms with Crippen molar-refractivity contribution in [2.45, 2.75) is 13.8 Å². The van der Waals surface area contributed by atoms with E-state index in [9.17, 15) is 0 Å². The Bertz CT molecular complexity index is 438. The highest BCUT2D eigenvalue weighted by Gasteiger charge is 2.03. The van der Waals surface area contributed by atoms with E-state index in [2.05, 4.69) is 41.2 Å². The summed E-state index contributed by atoms with van der Waals surface area (Å²) in [5.41, 5.74) is 3.47. The molecule has 2 rings (SSSR count). The lowest BCUT2D eigenvalue weighted by atomic mass is 10.1. The summed E-state index contributed by atoms with van der Waals surface area (Å²) < 4.78 is 0. The van der Waals surface area contributed by atoms with Gasteiger partial charge in [-0.05, 0) is 19.4 Å². The maximum Gasteiger partial charge on any atom is 0.181 e. The first-order valence-electron chi connectivity index (χ1n) is 4.48. The molecule has 0 saturated heterocycles. The fourth-order valence-corrected chi connectivity index (χ4v) is 1.44. The molecule has 0 saturated carbocycles. The zero-order valence-electron chi connectivity index (χ0n) is 8.23. The molecule has 3 heteroatoms. The molecule has 0 spiro atoms. The zero-order chi connectivity index (χ0) is 9.97. The molecule has 3 nitrogen and oxygen atoms in total. The Morgan fingerprint density at radius 1 is 1.07 bits per heavy atom. The van der Waals surface area contributed by atoms with Gasteiger partial charge in [-0.2, -0.15) is 5.10 Å².